The molecule has 0 spiro atoms. The molecule has 1 saturated heterocycles. The van der Waals surface area contributed by atoms with Crippen molar-refractivity contribution < 1.29 is 9.00 Å². The van der Waals surface area contributed by atoms with Gasteiger partial charge in [0, 0.05) is 45.6 Å². The number of hydrogen-bond acceptors (Lipinski definition) is 2. The minimum atomic E-state index is -0.688. The van der Waals surface area contributed by atoms with E-state index in [9.17, 15) is 9.00 Å². The molecule has 1 fully saturated rings. The smallest absolute Gasteiger partial charge is 0.268 e. The number of amides is 1. The average molecular weight is 347 g/mol. The summed E-state index contributed by atoms with van der Waals surface area (Å²) in [7, 11) is -0.688. The lowest BCUT2D eigenvalue weighted by Crippen LogP contribution is -2.40. The van der Waals surface area contributed by atoms with Crippen LogP contribution in [0.5, 0.6) is 0 Å². The van der Waals surface area contributed by atoms with E-state index >= 15 is 0 Å². The molecule has 0 bridgehead atoms. The van der Waals surface area contributed by atoms with Crippen LogP contribution in [0.1, 0.15) is 36.7 Å². The molecule has 0 unspecified atom stereocenters. The van der Waals surface area contributed by atoms with E-state index in [0.717, 1.165) is 30.3 Å². The Kier molecular flexibility index (Phi) is 5.21. The molecule has 0 aliphatic carbocycles. The molecule has 1 amide bonds. The van der Waals surface area contributed by atoms with E-state index in [4.69, 9.17) is 0 Å². The third-order valence-corrected chi connectivity index (χ3v) is 5.10. The van der Waals surface area contributed by atoms with Crippen molar-refractivity contribution in [1.82, 2.24) is 9.88 Å². The lowest BCUT2D eigenvalue weighted by molar-refractivity contribution is 0.0925. The largest absolute Gasteiger partial charge is 0.348 e. The van der Waals surface area contributed by atoms with Gasteiger partial charge in [-0.05, 0) is 41.3 Å². The first-order valence-corrected chi connectivity index (χ1v) is 8.89. The van der Waals surface area contributed by atoms with Crippen molar-refractivity contribution >= 4 is 32.6 Å². The first-order valence-electron chi connectivity index (χ1n) is 6.61. The number of halogens is 1. The third-order valence-electron chi connectivity index (χ3n) is 3.28. The standard InChI is InChI=1S/C13H19BrN2O2S/c1-2-5-16-9-10(14)8-12(16)13(17)15-11-3-6-19(18)7-4-11/h8-9,11H,2-7H2,1H3,(H,15,17). The molecule has 1 aliphatic heterocycles. The molecule has 0 atom stereocenters. The van der Waals surface area contributed by atoms with Crippen LogP contribution in [-0.2, 0) is 17.3 Å². The molecule has 1 N–H and O–H groups in total. The Labute approximate surface area is 124 Å². The van der Waals surface area contributed by atoms with E-state index in [1.165, 1.54) is 0 Å². The van der Waals surface area contributed by atoms with Gasteiger partial charge in [-0.25, -0.2) is 0 Å². The summed E-state index contributed by atoms with van der Waals surface area (Å²) in [5.74, 6) is 1.37. The molecule has 0 radical (unpaired) electrons. The molecule has 1 aromatic heterocycles. The van der Waals surface area contributed by atoms with Crippen LogP contribution >= 0.6 is 15.9 Å². The first-order chi connectivity index (χ1) is 9.10. The summed E-state index contributed by atoms with van der Waals surface area (Å²) in [6.45, 7) is 2.93. The summed E-state index contributed by atoms with van der Waals surface area (Å²) >= 11 is 3.41. The highest BCUT2D eigenvalue weighted by atomic mass is 79.9. The molecule has 2 heterocycles. The van der Waals surface area contributed by atoms with Crippen LogP contribution in [0, 0.1) is 0 Å². The first kappa shape index (κ1) is 14.8. The Hall–Kier alpha value is -0.620. The minimum Gasteiger partial charge on any atom is -0.348 e. The second-order valence-electron chi connectivity index (χ2n) is 4.83. The molecule has 106 valence electrons. The molecule has 4 nitrogen and oxygen atoms in total. The summed E-state index contributed by atoms with van der Waals surface area (Å²) < 4.78 is 14.2. The zero-order valence-electron chi connectivity index (χ0n) is 11.0. The number of hydrogen-bond donors (Lipinski definition) is 1. The van der Waals surface area contributed by atoms with Gasteiger partial charge in [-0.15, -0.1) is 0 Å². The molecule has 19 heavy (non-hydrogen) atoms. The molecule has 0 aromatic carbocycles. The summed E-state index contributed by atoms with van der Waals surface area (Å²) in [6.07, 6.45) is 4.56. The number of nitrogens with zero attached hydrogens (tertiary/aromatic N) is 1. The number of nitrogens with one attached hydrogen (secondary N) is 1. The molecule has 2 rings (SSSR count). The number of rotatable bonds is 4. The SMILES string of the molecule is CCCn1cc(Br)cc1C(=O)NC1CCS(=O)CC1. The predicted molar refractivity (Wildman–Crippen MR) is 80.8 cm³/mol. The van der Waals surface area contributed by atoms with Gasteiger partial charge in [-0.3, -0.25) is 9.00 Å². The van der Waals surface area contributed by atoms with Crippen LogP contribution in [0.25, 0.3) is 0 Å². The van der Waals surface area contributed by atoms with Gasteiger partial charge in [0.25, 0.3) is 5.91 Å². The van der Waals surface area contributed by atoms with E-state index in [0.29, 0.717) is 17.2 Å². The summed E-state index contributed by atoms with van der Waals surface area (Å²) in [5.41, 5.74) is 0.695. The highest BCUT2D eigenvalue weighted by Gasteiger charge is 2.21. The van der Waals surface area contributed by atoms with Crippen LogP contribution < -0.4 is 5.32 Å². The number of carbonyl (C=O) groups is 1. The maximum absolute atomic E-state index is 12.3. The Morgan fingerprint density at radius 1 is 1.53 bits per heavy atom. The fourth-order valence-electron chi connectivity index (χ4n) is 2.29. The van der Waals surface area contributed by atoms with Gasteiger partial charge in [0.2, 0.25) is 0 Å². The van der Waals surface area contributed by atoms with Crippen LogP contribution in [-0.4, -0.2) is 32.2 Å². The van der Waals surface area contributed by atoms with Crippen molar-refractivity contribution in [1.29, 1.82) is 0 Å². The lowest BCUT2D eigenvalue weighted by atomic mass is 10.1. The Morgan fingerprint density at radius 3 is 2.84 bits per heavy atom. The van der Waals surface area contributed by atoms with E-state index < -0.39 is 10.8 Å². The van der Waals surface area contributed by atoms with E-state index in [-0.39, 0.29) is 11.9 Å². The van der Waals surface area contributed by atoms with Gasteiger partial charge < -0.3 is 9.88 Å². The minimum absolute atomic E-state index is 0.0307. The molecule has 0 saturated carbocycles. The topological polar surface area (TPSA) is 51.1 Å². The zero-order valence-corrected chi connectivity index (χ0v) is 13.4. The van der Waals surface area contributed by atoms with E-state index in [2.05, 4.69) is 28.2 Å². The lowest BCUT2D eigenvalue weighted by Gasteiger charge is -2.22. The van der Waals surface area contributed by atoms with Gasteiger partial charge in [0.15, 0.2) is 0 Å². The molecular formula is C13H19BrN2O2S. The van der Waals surface area contributed by atoms with Crippen LogP contribution in [0.4, 0.5) is 0 Å². The van der Waals surface area contributed by atoms with Crippen LogP contribution in [0.3, 0.4) is 0 Å². The quantitative estimate of drug-likeness (QED) is 0.909. The van der Waals surface area contributed by atoms with Crippen molar-refractivity contribution in [3.05, 3.63) is 22.4 Å². The predicted octanol–water partition coefficient (Wildman–Crippen LogP) is 2.30. The van der Waals surface area contributed by atoms with Gasteiger partial charge in [-0.1, -0.05) is 6.92 Å². The monoisotopic (exact) mass is 346 g/mol. The van der Waals surface area contributed by atoms with Crippen LogP contribution in [0.2, 0.25) is 0 Å². The van der Waals surface area contributed by atoms with Gasteiger partial charge in [0.05, 0.1) is 0 Å². The zero-order chi connectivity index (χ0) is 13.8. The average Bonchev–Trinajstić information content (AvgIpc) is 2.74. The third kappa shape index (κ3) is 3.92. The molecular weight excluding hydrogens is 328 g/mol. The molecule has 1 aliphatic rings. The Morgan fingerprint density at radius 2 is 2.21 bits per heavy atom. The van der Waals surface area contributed by atoms with Crippen molar-refractivity contribution in [3.8, 4) is 0 Å². The second-order valence-corrected chi connectivity index (χ2v) is 7.44. The number of aryl methyl sites for hydroxylation is 1. The Bertz CT molecular complexity index is 477. The fourth-order valence-corrected chi connectivity index (χ4v) is 4.05. The Balaban J connectivity index is 2.01. The maximum Gasteiger partial charge on any atom is 0.268 e. The second kappa shape index (κ2) is 6.70. The fraction of sp³-hybridized carbons (Fsp3) is 0.615. The van der Waals surface area contributed by atoms with Crippen molar-refractivity contribution in [2.45, 2.75) is 38.8 Å². The highest BCUT2D eigenvalue weighted by molar-refractivity contribution is 9.10. The van der Waals surface area contributed by atoms with Crippen molar-refractivity contribution in [2.24, 2.45) is 0 Å². The number of aromatic nitrogens is 1. The summed E-state index contributed by atoms with van der Waals surface area (Å²) in [4.78, 5) is 12.3. The normalized spacial score (nSPS) is 23.3. The van der Waals surface area contributed by atoms with Crippen molar-refractivity contribution in [2.75, 3.05) is 11.5 Å². The molecule has 1 aromatic rings. The van der Waals surface area contributed by atoms with E-state index in [1.54, 1.807) is 0 Å². The number of carbonyl (C=O) groups excluding carboxylic acids is 1. The molecule has 6 heteroatoms. The van der Waals surface area contributed by atoms with Gasteiger partial charge >= 0.3 is 0 Å². The summed E-state index contributed by atoms with van der Waals surface area (Å²) in [5, 5.41) is 3.05. The summed E-state index contributed by atoms with van der Waals surface area (Å²) in [6, 6.07) is 2.01. The van der Waals surface area contributed by atoms with E-state index in [1.807, 2.05) is 16.8 Å². The van der Waals surface area contributed by atoms with Gasteiger partial charge in [-0.2, -0.15) is 0 Å². The highest BCUT2D eigenvalue weighted by Crippen LogP contribution is 2.17. The van der Waals surface area contributed by atoms with Crippen LogP contribution in [0.15, 0.2) is 16.7 Å². The van der Waals surface area contributed by atoms with Crippen molar-refractivity contribution in [3.63, 3.8) is 0 Å². The van der Waals surface area contributed by atoms with Gasteiger partial charge in [0.1, 0.15) is 5.69 Å². The maximum atomic E-state index is 12.3.